The molecule has 2 amide bonds. The van der Waals surface area contributed by atoms with Crippen molar-refractivity contribution >= 4 is 6.03 Å². The van der Waals surface area contributed by atoms with Crippen molar-refractivity contribution in [3.05, 3.63) is 0 Å². The highest BCUT2D eigenvalue weighted by Crippen LogP contribution is 2.15. The molecule has 0 spiro atoms. The Kier molecular flexibility index (Phi) is 4.66. The van der Waals surface area contributed by atoms with Gasteiger partial charge in [0.25, 0.3) is 0 Å². The summed E-state index contributed by atoms with van der Waals surface area (Å²) in [6.45, 7) is 6.07. The largest absolute Gasteiger partial charge is 0.338 e. The van der Waals surface area contributed by atoms with E-state index in [2.05, 4.69) is 17.6 Å². The standard InChI is InChI=1S/C13H25N3O/c1-11-5-9-16(10-6-11)13(17)15-8-4-12-3-2-7-14-12/h11-12,14H,2-10H2,1H3,(H,15,17)/t12-/m1/s1. The molecule has 2 heterocycles. The van der Waals surface area contributed by atoms with Gasteiger partial charge in [0.1, 0.15) is 0 Å². The quantitative estimate of drug-likeness (QED) is 0.785. The Bertz CT molecular complexity index is 243. The van der Waals surface area contributed by atoms with E-state index in [1.165, 1.54) is 12.8 Å². The highest BCUT2D eigenvalue weighted by molar-refractivity contribution is 5.74. The molecule has 0 bridgehead atoms. The summed E-state index contributed by atoms with van der Waals surface area (Å²) in [4.78, 5) is 13.8. The highest BCUT2D eigenvalue weighted by Gasteiger charge is 2.20. The third-order valence-corrected chi connectivity index (χ3v) is 4.00. The zero-order valence-electron chi connectivity index (χ0n) is 10.9. The maximum Gasteiger partial charge on any atom is 0.317 e. The second-order valence-corrected chi connectivity index (χ2v) is 5.48. The minimum Gasteiger partial charge on any atom is -0.338 e. The number of nitrogens with zero attached hydrogens (tertiary/aromatic N) is 1. The van der Waals surface area contributed by atoms with E-state index in [1.54, 1.807) is 0 Å². The molecule has 2 saturated heterocycles. The number of amides is 2. The molecule has 0 unspecified atom stereocenters. The third-order valence-electron chi connectivity index (χ3n) is 4.00. The van der Waals surface area contributed by atoms with Crippen LogP contribution >= 0.6 is 0 Å². The number of hydrogen-bond donors (Lipinski definition) is 2. The smallest absolute Gasteiger partial charge is 0.317 e. The molecule has 4 heteroatoms. The van der Waals surface area contributed by atoms with Gasteiger partial charge in [-0.3, -0.25) is 0 Å². The number of rotatable bonds is 3. The van der Waals surface area contributed by atoms with E-state index < -0.39 is 0 Å². The number of hydrogen-bond acceptors (Lipinski definition) is 2. The summed E-state index contributed by atoms with van der Waals surface area (Å²) in [5.74, 6) is 0.779. The summed E-state index contributed by atoms with van der Waals surface area (Å²) >= 11 is 0. The van der Waals surface area contributed by atoms with E-state index >= 15 is 0 Å². The molecule has 2 fully saturated rings. The fourth-order valence-corrected chi connectivity index (χ4v) is 2.68. The van der Waals surface area contributed by atoms with E-state index in [0.717, 1.165) is 51.4 Å². The van der Waals surface area contributed by atoms with Crippen LogP contribution in [0.2, 0.25) is 0 Å². The second kappa shape index (κ2) is 6.24. The van der Waals surface area contributed by atoms with Crippen molar-refractivity contribution < 1.29 is 4.79 Å². The molecule has 2 aliphatic heterocycles. The molecule has 4 nitrogen and oxygen atoms in total. The van der Waals surface area contributed by atoms with Crippen LogP contribution in [-0.2, 0) is 0 Å². The lowest BCUT2D eigenvalue weighted by molar-refractivity contribution is 0.173. The van der Waals surface area contributed by atoms with E-state index in [4.69, 9.17) is 0 Å². The van der Waals surface area contributed by atoms with Gasteiger partial charge in [-0.2, -0.15) is 0 Å². The molecule has 0 aromatic rings. The minimum absolute atomic E-state index is 0.134. The molecule has 2 aliphatic rings. The van der Waals surface area contributed by atoms with E-state index in [-0.39, 0.29) is 6.03 Å². The van der Waals surface area contributed by atoms with Gasteiger partial charge in [0, 0.05) is 25.7 Å². The van der Waals surface area contributed by atoms with Crippen LogP contribution in [0.1, 0.15) is 39.0 Å². The normalized spacial score (nSPS) is 26.2. The first-order chi connectivity index (χ1) is 8.25. The fourth-order valence-electron chi connectivity index (χ4n) is 2.68. The van der Waals surface area contributed by atoms with E-state index in [9.17, 15) is 4.79 Å². The van der Waals surface area contributed by atoms with Crippen molar-refractivity contribution in [1.29, 1.82) is 0 Å². The van der Waals surface area contributed by atoms with Gasteiger partial charge in [-0.25, -0.2) is 4.79 Å². The molecule has 2 N–H and O–H groups in total. The lowest BCUT2D eigenvalue weighted by Crippen LogP contribution is -2.45. The molecule has 0 aromatic carbocycles. The molecule has 0 saturated carbocycles. The van der Waals surface area contributed by atoms with E-state index in [0.29, 0.717) is 6.04 Å². The van der Waals surface area contributed by atoms with Crippen molar-refractivity contribution in [2.45, 2.75) is 45.1 Å². The zero-order valence-corrected chi connectivity index (χ0v) is 10.9. The third kappa shape index (κ3) is 3.87. The van der Waals surface area contributed by atoms with E-state index in [1.807, 2.05) is 4.90 Å². The SMILES string of the molecule is CC1CCN(C(=O)NCC[C@H]2CCCN2)CC1. The van der Waals surface area contributed by atoms with Gasteiger partial charge in [-0.05, 0) is 44.6 Å². The molecule has 1 atom stereocenters. The monoisotopic (exact) mass is 239 g/mol. The van der Waals surface area contributed by atoms with Crippen molar-refractivity contribution in [2.75, 3.05) is 26.2 Å². The predicted molar refractivity (Wildman–Crippen MR) is 69.0 cm³/mol. The first-order valence-corrected chi connectivity index (χ1v) is 7.02. The lowest BCUT2D eigenvalue weighted by Gasteiger charge is -2.30. The van der Waals surface area contributed by atoms with Gasteiger partial charge in [0.2, 0.25) is 0 Å². The molecule has 2 rings (SSSR count). The lowest BCUT2D eigenvalue weighted by atomic mass is 10.00. The summed E-state index contributed by atoms with van der Waals surface area (Å²) in [6.07, 6.45) is 5.91. The number of carbonyl (C=O) groups excluding carboxylic acids is 1. The molecule has 0 radical (unpaired) electrons. The second-order valence-electron chi connectivity index (χ2n) is 5.48. The maximum absolute atomic E-state index is 11.9. The first-order valence-electron chi connectivity index (χ1n) is 7.02. The Hall–Kier alpha value is -0.770. The molecular formula is C13H25N3O. The maximum atomic E-state index is 11.9. The van der Waals surface area contributed by atoms with Gasteiger partial charge in [0.15, 0.2) is 0 Å². The minimum atomic E-state index is 0.134. The van der Waals surface area contributed by atoms with Crippen molar-refractivity contribution in [3.8, 4) is 0 Å². The van der Waals surface area contributed by atoms with Crippen LogP contribution in [0.5, 0.6) is 0 Å². The number of urea groups is 1. The molecule has 17 heavy (non-hydrogen) atoms. The van der Waals surface area contributed by atoms with Crippen LogP contribution in [-0.4, -0.2) is 43.2 Å². The van der Waals surface area contributed by atoms with Gasteiger partial charge >= 0.3 is 6.03 Å². The average Bonchev–Trinajstić information content (AvgIpc) is 2.83. The van der Waals surface area contributed by atoms with Crippen LogP contribution in [0.3, 0.4) is 0 Å². The van der Waals surface area contributed by atoms with Gasteiger partial charge in [0.05, 0.1) is 0 Å². The van der Waals surface area contributed by atoms with Gasteiger partial charge in [-0.15, -0.1) is 0 Å². The Labute approximate surface area is 104 Å². The molecule has 98 valence electrons. The van der Waals surface area contributed by atoms with Crippen LogP contribution < -0.4 is 10.6 Å². The Morgan fingerprint density at radius 2 is 2.12 bits per heavy atom. The molecular weight excluding hydrogens is 214 g/mol. The summed E-state index contributed by atoms with van der Waals surface area (Å²) < 4.78 is 0. The van der Waals surface area contributed by atoms with Crippen molar-refractivity contribution in [2.24, 2.45) is 5.92 Å². The van der Waals surface area contributed by atoms with Crippen LogP contribution in [0, 0.1) is 5.92 Å². The van der Waals surface area contributed by atoms with Crippen LogP contribution in [0.15, 0.2) is 0 Å². The van der Waals surface area contributed by atoms with Crippen LogP contribution in [0.25, 0.3) is 0 Å². The molecule has 0 aromatic heterocycles. The summed E-state index contributed by atoms with van der Waals surface area (Å²) in [5, 5.41) is 6.49. The number of nitrogens with one attached hydrogen (secondary N) is 2. The van der Waals surface area contributed by atoms with Crippen molar-refractivity contribution in [1.82, 2.24) is 15.5 Å². The Morgan fingerprint density at radius 3 is 2.76 bits per heavy atom. The summed E-state index contributed by atoms with van der Waals surface area (Å²) in [6, 6.07) is 0.756. The van der Waals surface area contributed by atoms with Crippen LogP contribution in [0.4, 0.5) is 4.79 Å². The summed E-state index contributed by atoms with van der Waals surface area (Å²) in [5.41, 5.74) is 0. The first kappa shape index (κ1) is 12.7. The Balaban J connectivity index is 1.60. The average molecular weight is 239 g/mol. The zero-order chi connectivity index (χ0) is 12.1. The highest BCUT2D eigenvalue weighted by atomic mass is 16.2. The number of likely N-dealkylation sites (tertiary alicyclic amines) is 1. The number of carbonyl (C=O) groups is 1. The fraction of sp³-hybridized carbons (Fsp3) is 0.923. The number of piperidine rings is 1. The predicted octanol–water partition coefficient (Wildman–Crippen LogP) is 1.57. The molecule has 0 aliphatic carbocycles. The van der Waals surface area contributed by atoms with Crippen molar-refractivity contribution in [3.63, 3.8) is 0 Å². The Morgan fingerprint density at radius 1 is 1.35 bits per heavy atom. The topological polar surface area (TPSA) is 44.4 Å². The van der Waals surface area contributed by atoms with Gasteiger partial charge < -0.3 is 15.5 Å². The van der Waals surface area contributed by atoms with Gasteiger partial charge in [-0.1, -0.05) is 6.92 Å². The summed E-state index contributed by atoms with van der Waals surface area (Å²) in [7, 11) is 0.